The number of para-hydroxylation sites is 3. The van der Waals surface area contributed by atoms with Gasteiger partial charge in [-0.1, -0.05) is 24.3 Å². The molecule has 3 rings (SSSR count). The third-order valence-electron chi connectivity index (χ3n) is 2.98. The Hall–Kier alpha value is -3.06. The second-order valence-corrected chi connectivity index (χ2v) is 4.27. The average Bonchev–Trinajstić information content (AvgIpc) is 2.50. The minimum absolute atomic E-state index is 0.381. The zero-order chi connectivity index (χ0) is 13.9. The van der Waals surface area contributed by atoms with Crippen LogP contribution in [0.1, 0.15) is 5.56 Å². The van der Waals surface area contributed by atoms with E-state index in [0.29, 0.717) is 22.7 Å². The van der Waals surface area contributed by atoms with Crippen molar-refractivity contribution in [1.82, 2.24) is 4.98 Å². The molecule has 0 bridgehead atoms. The molecule has 0 saturated heterocycles. The van der Waals surface area contributed by atoms with Crippen molar-refractivity contribution in [2.75, 3.05) is 5.73 Å². The number of aromatic nitrogens is 1. The SMILES string of the molecule is N#Cc1cnc2ccccc2c1Oc1ccccc1N. The van der Waals surface area contributed by atoms with E-state index < -0.39 is 0 Å². The molecule has 20 heavy (non-hydrogen) atoms. The molecule has 2 N–H and O–H groups in total. The third kappa shape index (κ3) is 2.02. The van der Waals surface area contributed by atoms with Crippen LogP contribution in [0.25, 0.3) is 10.9 Å². The summed E-state index contributed by atoms with van der Waals surface area (Å²) in [5, 5.41) is 10.0. The Morgan fingerprint density at radius 3 is 2.60 bits per heavy atom. The molecule has 96 valence electrons. The van der Waals surface area contributed by atoms with E-state index in [1.807, 2.05) is 36.4 Å². The number of hydrogen-bond donors (Lipinski definition) is 1. The molecule has 1 heterocycles. The van der Waals surface area contributed by atoms with E-state index in [2.05, 4.69) is 11.1 Å². The summed E-state index contributed by atoms with van der Waals surface area (Å²) in [6, 6.07) is 16.8. The number of hydrogen-bond acceptors (Lipinski definition) is 4. The second kappa shape index (κ2) is 4.90. The van der Waals surface area contributed by atoms with Gasteiger partial charge in [0.1, 0.15) is 17.4 Å². The maximum absolute atomic E-state index is 9.22. The predicted octanol–water partition coefficient (Wildman–Crippen LogP) is 3.48. The molecular formula is C16H11N3O. The first-order valence-electron chi connectivity index (χ1n) is 6.10. The van der Waals surface area contributed by atoms with Crippen molar-refractivity contribution >= 4 is 16.6 Å². The van der Waals surface area contributed by atoms with Crippen LogP contribution in [0.5, 0.6) is 11.5 Å². The van der Waals surface area contributed by atoms with E-state index in [4.69, 9.17) is 10.5 Å². The molecule has 2 aromatic carbocycles. The molecule has 0 spiro atoms. The first-order chi connectivity index (χ1) is 9.79. The number of nitrogen functional groups attached to an aromatic ring is 1. The van der Waals surface area contributed by atoms with Crippen molar-refractivity contribution in [3.05, 3.63) is 60.3 Å². The van der Waals surface area contributed by atoms with Crippen molar-refractivity contribution in [2.24, 2.45) is 0 Å². The van der Waals surface area contributed by atoms with Crippen LogP contribution in [0.15, 0.2) is 54.7 Å². The van der Waals surface area contributed by atoms with Gasteiger partial charge in [-0.3, -0.25) is 4.98 Å². The Kier molecular flexibility index (Phi) is 2.94. The molecular weight excluding hydrogens is 250 g/mol. The molecule has 0 amide bonds. The second-order valence-electron chi connectivity index (χ2n) is 4.27. The Labute approximate surface area is 116 Å². The Morgan fingerprint density at radius 2 is 1.80 bits per heavy atom. The highest BCUT2D eigenvalue weighted by atomic mass is 16.5. The molecule has 4 heteroatoms. The van der Waals surface area contributed by atoms with E-state index >= 15 is 0 Å². The van der Waals surface area contributed by atoms with E-state index in [9.17, 15) is 5.26 Å². The summed E-state index contributed by atoms with van der Waals surface area (Å²) in [5.74, 6) is 1.01. The highest BCUT2D eigenvalue weighted by Gasteiger charge is 2.12. The smallest absolute Gasteiger partial charge is 0.156 e. The lowest BCUT2D eigenvalue weighted by atomic mass is 10.1. The Morgan fingerprint density at radius 1 is 1.05 bits per heavy atom. The highest BCUT2D eigenvalue weighted by Crippen LogP contribution is 2.34. The number of fused-ring (bicyclic) bond motifs is 1. The summed E-state index contributed by atoms with van der Waals surface area (Å²) in [5.41, 5.74) is 7.56. The molecule has 0 aliphatic rings. The van der Waals surface area contributed by atoms with Crippen LogP contribution in [-0.4, -0.2) is 4.98 Å². The van der Waals surface area contributed by atoms with Crippen molar-refractivity contribution in [2.45, 2.75) is 0 Å². The maximum atomic E-state index is 9.22. The van der Waals surface area contributed by atoms with Crippen LogP contribution in [0.3, 0.4) is 0 Å². The summed E-state index contributed by atoms with van der Waals surface area (Å²) in [6.45, 7) is 0. The van der Waals surface area contributed by atoms with Crippen molar-refractivity contribution < 1.29 is 4.74 Å². The van der Waals surface area contributed by atoms with Crippen LogP contribution in [0.2, 0.25) is 0 Å². The van der Waals surface area contributed by atoms with Gasteiger partial charge in [-0.25, -0.2) is 0 Å². The Balaban J connectivity index is 2.20. The minimum atomic E-state index is 0.381. The van der Waals surface area contributed by atoms with Crippen LogP contribution in [-0.2, 0) is 0 Å². The van der Waals surface area contributed by atoms with Gasteiger partial charge in [0.2, 0.25) is 0 Å². The standard InChI is InChI=1S/C16H11N3O/c17-9-11-10-19-14-7-3-1-5-12(14)16(11)20-15-8-4-2-6-13(15)18/h1-8,10H,18H2. The van der Waals surface area contributed by atoms with Gasteiger partial charge in [0.05, 0.1) is 11.2 Å². The van der Waals surface area contributed by atoms with Gasteiger partial charge in [-0.05, 0) is 24.3 Å². The number of nitriles is 1. The molecule has 0 fully saturated rings. The quantitative estimate of drug-likeness (QED) is 0.717. The fraction of sp³-hybridized carbons (Fsp3) is 0. The third-order valence-corrected chi connectivity index (χ3v) is 2.98. The fourth-order valence-corrected chi connectivity index (χ4v) is 1.99. The van der Waals surface area contributed by atoms with Gasteiger partial charge in [0, 0.05) is 11.6 Å². The largest absolute Gasteiger partial charge is 0.453 e. The summed E-state index contributed by atoms with van der Waals surface area (Å²) >= 11 is 0. The van der Waals surface area contributed by atoms with Crippen molar-refractivity contribution in [1.29, 1.82) is 5.26 Å². The Bertz CT molecular complexity index is 821. The summed E-state index contributed by atoms with van der Waals surface area (Å²) in [4.78, 5) is 4.24. The first kappa shape index (κ1) is 12.0. The lowest BCUT2D eigenvalue weighted by molar-refractivity contribution is 0.489. The minimum Gasteiger partial charge on any atom is -0.453 e. The van der Waals surface area contributed by atoms with E-state index in [1.165, 1.54) is 6.20 Å². The molecule has 3 aromatic rings. The molecule has 0 unspecified atom stereocenters. The lowest BCUT2D eigenvalue weighted by Gasteiger charge is -2.11. The molecule has 0 aliphatic carbocycles. The monoisotopic (exact) mass is 261 g/mol. The molecule has 4 nitrogen and oxygen atoms in total. The molecule has 0 atom stereocenters. The van der Waals surface area contributed by atoms with Gasteiger partial charge in [0.15, 0.2) is 5.75 Å². The van der Waals surface area contributed by atoms with Crippen LogP contribution in [0, 0.1) is 11.3 Å². The molecule has 0 aliphatic heterocycles. The number of anilines is 1. The topological polar surface area (TPSA) is 71.9 Å². The molecule has 0 saturated carbocycles. The van der Waals surface area contributed by atoms with Gasteiger partial charge in [-0.2, -0.15) is 5.26 Å². The number of nitrogens with zero attached hydrogens (tertiary/aromatic N) is 2. The van der Waals surface area contributed by atoms with Gasteiger partial charge >= 0.3 is 0 Å². The van der Waals surface area contributed by atoms with Crippen LogP contribution in [0.4, 0.5) is 5.69 Å². The fourth-order valence-electron chi connectivity index (χ4n) is 1.99. The number of pyridine rings is 1. The lowest BCUT2D eigenvalue weighted by Crippen LogP contribution is -1.95. The maximum Gasteiger partial charge on any atom is 0.156 e. The number of benzene rings is 2. The van der Waals surface area contributed by atoms with Crippen LogP contribution >= 0.6 is 0 Å². The predicted molar refractivity (Wildman–Crippen MR) is 77.4 cm³/mol. The highest BCUT2D eigenvalue weighted by molar-refractivity contribution is 5.87. The number of ether oxygens (including phenoxy) is 1. The summed E-state index contributed by atoms with van der Waals surface area (Å²) in [7, 11) is 0. The van der Waals surface area contributed by atoms with E-state index in [0.717, 1.165) is 10.9 Å². The van der Waals surface area contributed by atoms with Gasteiger partial charge in [-0.15, -0.1) is 0 Å². The normalized spacial score (nSPS) is 10.2. The molecule has 1 aromatic heterocycles. The number of rotatable bonds is 2. The zero-order valence-electron chi connectivity index (χ0n) is 10.6. The number of nitrogens with two attached hydrogens (primary N) is 1. The van der Waals surface area contributed by atoms with Gasteiger partial charge in [0.25, 0.3) is 0 Å². The van der Waals surface area contributed by atoms with Crippen molar-refractivity contribution in [3.63, 3.8) is 0 Å². The first-order valence-corrected chi connectivity index (χ1v) is 6.10. The molecule has 0 radical (unpaired) electrons. The van der Waals surface area contributed by atoms with Crippen LogP contribution < -0.4 is 10.5 Å². The van der Waals surface area contributed by atoms with Gasteiger partial charge < -0.3 is 10.5 Å². The van der Waals surface area contributed by atoms with Crippen molar-refractivity contribution in [3.8, 4) is 17.6 Å². The van der Waals surface area contributed by atoms with E-state index in [1.54, 1.807) is 12.1 Å². The zero-order valence-corrected chi connectivity index (χ0v) is 10.6. The summed E-state index contributed by atoms with van der Waals surface area (Å²) < 4.78 is 5.86. The average molecular weight is 261 g/mol. The van der Waals surface area contributed by atoms with E-state index in [-0.39, 0.29) is 0 Å². The summed E-state index contributed by atoms with van der Waals surface area (Å²) in [6.07, 6.45) is 1.51.